The fraction of sp³-hybridized carbons (Fsp3) is 0.500. The van der Waals surface area contributed by atoms with Crippen LogP contribution in [0, 0.1) is 0 Å². The molecular weight excluding hydrogens is 318 g/mol. The number of carboxylic acid groups (broad SMARTS) is 1. The highest BCUT2D eigenvalue weighted by molar-refractivity contribution is 5.65. The van der Waals surface area contributed by atoms with Gasteiger partial charge in [-0.1, -0.05) is 6.07 Å². The minimum absolute atomic E-state index is 0.149. The number of carbonyl (C=O) groups is 1. The largest absolute Gasteiger partial charge is 0.465 e. The van der Waals surface area contributed by atoms with Gasteiger partial charge in [-0.25, -0.2) is 9.78 Å². The quantitative estimate of drug-likeness (QED) is 0.892. The van der Waals surface area contributed by atoms with Gasteiger partial charge >= 0.3 is 6.09 Å². The molecule has 4 heterocycles. The molecule has 1 saturated heterocycles. The van der Waals surface area contributed by atoms with Gasteiger partial charge < -0.3 is 15.3 Å². The van der Waals surface area contributed by atoms with E-state index in [1.54, 1.807) is 0 Å². The lowest BCUT2D eigenvalue weighted by molar-refractivity contribution is 0.154. The topological polar surface area (TPSA) is 83.3 Å². The van der Waals surface area contributed by atoms with E-state index in [4.69, 9.17) is 10.1 Å². The number of anilines is 1. The van der Waals surface area contributed by atoms with Gasteiger partial charge in [-0.2, -0.15) is 5.10 Å². The average Bonchev–Trinajstić information content (AvgIpc) is 3.29. The summed E-state index contributed by atoms with van der Waals surface area (Å²) in [4.78, 5) is 17.2. The molecule has 0 radical (unpaired) electrons. The minimum atomic E-state index is -0.845. The molecule has 1 fully saturated rings. The standard InChI is InChI=1S/C18H23N5O2/c24-18(25)22-9-7-16(12-22)23-11-13(10-20-23)3-5-15-6-4-14-2-1-8-19-17(14)21-15/h4,6,10-11,16H,1-3,5,7-9,12H2,(H,19,21)(H,24,25). The fourth-order valence-corrected chi connectivity index (χ4v) is 3.62. The second-order valence-electron chi connectivity index (χ2n) is 6.84. The van der Waals surface area contributed by atoms with E-state index in [9.17, 15) is 4.79 Å². The molecule has 2 aromatic heterocycles. The van der Waals surface area contributed by atoms with Crippen LogP contribution in [0.1, 0.15) is 35.7 Å². The van der Waals surface area contributed by atoms with Crippen molar-refractivity contribution in [3.63, 3.8) is 0 Å². The Balaban J connectivity index is 1.36. The summed E-state index contributed by atoms with van der Waals surface area (Å²) < 4.78 is 1.92. The van der Waals surface area contributed by atoms with Gasteiger partial charge in [-0.05, 0) is 49.3 Å². The van der Waals surface area contributed by atoms with Gasteiger partial charge in [0.25, 0.3) is 0 Å². The highest BCUT2D eigenvalue weighted by Crippen LogP contribution is 2.22. The first kappa shape index (κ1) is 15.9. The number of hydrogen-bond donors (Lipinski definition) is 2. The normalized spacial score (nSPS) is 19.5. The van der Waals surface area contributed by atoms with Gasteiger partial charge in [0.1, 0.15) is 5.82 Å². The number of aryl methyl sites for hydroxylation is 3. The Labute approximate surface area is 146 Å². The lowest BCUT2D eigenvalue weighted by Crippen LogP contribution is -2.27. The van der Waals surface area contributed by atoms with E-state index < -0.39 is 6.09 Å². The number of nitrogens with one attached hydrogen (secondary N) is 1. The number of amides is 1. The molecule has 0 spiro atoms. The van der Waals surface area contributed by atoms with Gasteiger partial charge in [0.2, 0.25) is 0 Å². The highest BCUT2D eigenvalue weighted by atomic mass is 16.4. The molecule has 0 aromatic carbocycles. The predicted molar refractivity (Wildman–Crippen MR) is 93.9 cm³/mol. The Morgan fingerprint density at radius 2 is 2.28 bits per heavy atom. The molecule has 1 unspecified atom stereocenters. The van der Waals surface area contributed by atoms with Crippen LogP contribution in [0.25, 0.3) is 0 Å². The summed E-state index contributed by atoms with van der Waals surface area (Å²) in [5.74, 6) is 1.04. The number of aromatic nitrogens is 3. The third-order valence-corrected chi connectivity index (χ3v) is 5.08. The maximum absolute atomic E-state index is 11.0. The fourth-order valence-electron chi connectivity index (χ4n) is 3.62. The van der Waals surface area contributed by atoms with E-state index in [0.29, 0.717) is 13.1 Å². The summed E-state index contributed by atoms with van der Waals surface area (Å²) in [5.41, 5.74) is 3.58. The van der Waals surface area contributed by atoms with E-state index in [0.717, 1.165) is 43.7 Å². The predicted octanol–water partition coefficient (Wildman–Crippen LogP) is 2.35. The molecule has 0 saturated carbocycles. The summed E-state index contributed by atoms with van der Waals surface area (Å²) in [7, 11) is 0. The minimum Gasteiger partial charge on any atom is -0.465 e. The zero-order valence-corrected chi connectivity index (χ0v) is 14.2. The van der Waals surface area contributed by atoms with Crippen molar-refractivity contribution in [2.45, 2.75) is 38.1 Å². The first-order valence-corrected chi connectivity index (χ1v) is 8.92. The van der Waals surface area contributed by atoms with Crippen LogP contribution in [0.4, 0.5) is 10.6 Å². The lowest BCUT2D eigenvalue weighted by Gasteiger charge is -2.17. The van der Waals surface area contributed by atoms with Gasteiger partial charge in [0.05, 0.1) is 12.2 Å². The molecule has 2 aliphatic heterocycles. The molecule has 7 heteroatoms. The van der Waals surface area contributed by atoms with Crippen molar-refractivity contribution >= 4 is 11.9 Å². The van der Waals surface area contributed by atoms with E-state index in [-0.39, 0.29) is 6.04 Å². The van der Waals surface area contributed by atoms with Crippen molar-refractivity contribution in [2.75, 3.05) is 25.0 Å². The van der Waals surface area contributed by atoms with Crippen LogP contribution >= 0.6 is 0 Å². The Morgan fingerprint density at radius 1 is 1.36 bits per heavy atom. The van der Waals surface area contributed by atoms with E-state index in [1.807, 2.05) is 17.1 Å². The molecule has 0 bridgehead atoms. The van der Waals surface area contributed by atoms with Crippen LogP contribution in [0.5, 0.6) is 0 Å². The van der Waals surface area contributed by atoms with Crippen LogP contribution in [0.3, 0.4) is 0 Å². The number of nitrogens with zero attached hydrogens (tertiary/aromatic N) is 4. The molecule has 1 amide bonds. The zero-order chi connectivity index (χ0) is 17.2. The van der Waals surface area contributed by atoms with Gasteiger partial charge in [-0.15, -0.1) is 0 Å². The maximum Gasteiger partial charge on any atom is 0.407 e. The maximum atomic E-state index is 11.0. The SMILES string of the molecule is O=C(O)N1CCC(n2cc(CCc3ccc4c(n3)NCCC4)cn2)C1. The third kappa shape index (κ3) is 3.45. The second kappa shape index (κ2) is 6.74. The Bertz CT molecular complexity index is 773. The van der Waals surface area contributed by atoms with E-state index >= 15 is 0 Å². The van der Waals surface area contributed by atoms with Crippen molar-refractivity contribution in [2.24, 2.45) is 0 Å². The summed E-state index contributed by atoms with van der Waals surface area (Å²) >= 11 is 0. The lowest BCUT2D eigenvalue weighted by atomic mass is 10.1. The molecule has 25 heavy (non-hydrogen) atoms. The van der Waals surface area contributed by atoms with Gasteiger partial charge in [0, 0.05) is 31.5 Å². The Morgan fingerprint density at radius 3 is 3.12 bits per heavy atom. The van der Waals surface area contributed by atoms with Crippen molar-refractivity contribution in [1.82, 2.24) is 19.7 Å². The van der Waals surface area contributed by atoms with Crippen LogP contribution in [0.2, 0.25) is 0 Å². The molecule has 2 aliphatic rings. The summed E-state index contributed by atoms with van der Waals surface area (Å²) in [6.07, 6.45) is 7.97. The molecule has 0 aliphatic carbocycles. The van der Waals surface area contributed by atoms with Gasteiger partial charge in [0.15, 0.2) is 0 Å². The molecule has 7 nitrogen and oxygen atoms in total. The molecule has 132 valence electrons. The first-order valence-electron chi connectivity index (χ1n) is 8.92. The Hall–Kier alpha value is -2.57. The average molecular weight is 341 g/mol. The number of rotatable bonds is 4. The second-order valence-corrected chi connectivity index (χ2v) is 6.84. The highest BCUT2D eigenvalue weighted by Gasteiger charge is 2.27. The molecular formula is C18H23N5O2. The summed E-state index contributed by atoms with van der Waals surface area (Å²) in [6, 6.07) is 4.46. The first-order chi connectivity index (χ1) is 12.2. The van der Waals surface area contributed by atoms with Crippen LogP contribution in [-0.4, -0.2) is 50.5 Å². The molecule has 4 rings (SSSR count). The molecule has 2 N–H and O–H groups in total. The van der Waals surface area contributed by atoms with Crippen LogP contribution in [0.15, 0.2) is 24.5 Å². The third-order valence-electron chi connectivity index (χ3n) is 5.08. The molecule has 1 atom stereocenters. The monoisotopic (exact) mass is 341 g/mol. The van der Waals surface area contributed by atoms with Crippen molar-refractivity contribution < 1.29 is 9.90 Å². The van der Waals surface area contributed by atoms with Gasteiger partial charge in [-0.3, -0.25) is 4.68 Å². The van der Waals surface area contributed by atoms with Crippen molar-refractivity contribution in [3.05, 3.63) is 41.3 Å². The van der Waals surface area contributed by atoms with E-state index in [2.05, 4.69) is 22.5 Å². The van der Waals surface area contributed by atoms with E-state index in [1.165, 1.54) is 22.4 Å². The Kier molecular flexibility index (Phi) is 4.29. The molecule has 2 aromatic rings. The van der Waals surface area contributed by atoms with Crippen molar-refractivity contribution in [1.29, 1.82) is 0 Å². The number of likely N-dealkylation sites (tertiary alicyclic amines) is 1. The van der Waals surface area contributed by atoms with Crippen molar-refractivity contribution in [3.8, 4) is 0 Å². The number of fused-ring (bicyclic) bond motifs is 1. The van der Waals surface area contributed by atoms with Crippen LogP contribution < -0.4 is 5.32 Å². The summed E-state index contributed by atoms with van der Waals surface area (Å²) in [6.45, 7) is 2.11. The summed E-state index contributed by atoms with van der Waals surface area (Å²) in [5, 5.41) is 16.9. The smallest absolute Gasteiger partial charge is 0.407 e. The number of pyridine rings is 1. The van der Waals surface area contributed by atoms with Crippen LogP contribution in [-0.2, 0) is 19.3 Å². The zero-order valence-electron chi connectivity index (χ0n) is 14.2. The number of hydrogen-bond acceptors (Lipinski definition) is 4.